The van der Waals surface area contributed by atoms with Crippen LogP contribution in [0.3, 0.4) is 0 Å². The first kappa shape index (κ1) is 19.7. The molecule has 2 aromatic carbocycles. The molecular weight excluding hydrogens is 380 g/mol. The van der Waals surface area contributed by atoms with Gasteiger partial charge >= 0.3 is 0 Å². The van der Waals surface area contributed by atoms with Crippen molar-refractivity contribution >= 4 is 28.4 Å². The molecule has 1 aliphatic rings. The number of carbonyl (C=O) groups is 1. The fourth-order valence-electron chi connectivity index (χ4n) is 3.85. The summed E-state index contributed by atoms with van der Waals surface area (Å²) in [5, 5.41) is 12.1. The van der Waals surface area contributed by atoms with Gasteiger partial charge in [-0.2, -0.15) is 0 Å². The number of carbonyl (C=O) groups excluding carboxylic acids is 1. The quantitative estimate of drug-likeness (QED) is 0.433. The summed E-state index contributed by atoms with van der Waals surface area (Å²) in [6, 6.07) is 14.7. The Hall–Kier alpha value is -2.60. The maximum atomic E-state index is 12.5. The Morgan fingerprint density at radius 3 is 2.69 bits per heavy atom. The average molecular weight is 407 g/mol. The number of aromatic nitrogens is 3. The van der Waals surface area contributed by atoms with E-state index in [-0.39, 0.29) is 5.91 Å². The molecule has 6 heteroatoms. The van der Waals surface area contributed by atoms with Crippen LogP contribution >= 0.6 is 11.8 Å². The van der Waals surface area contributed by atoms with Crippen molar-refractivity contribution in [3.63, 3.8) is 0 Å². The molecule has 1 amide bonds. The number of likely N-dealkylation sites (tertiary alicyclic amines) is 1. The molecule has 3 aromatic rings. The van der Waals surface area contributed by atoms with E-state index in [1.807, 2.05) is 11.0 Å². The third-order valence-electron chi connectivity index (χ3n) is 5.37. The monoisotopic (exact) mass is 406 g/mol. The molecule has 0 unspecified atom stereocenters. The average Bonchev–Trinajstić information content (AvgIpc) is 3.14. The zero-order chi connectivity index (χ0) is 20.1. The molecule has 5 nitrogen and oxygen atoms in total. The Morgan fingerprint density at radius 2 is 1.86 bits per heavy atom. The summed E-state index contributed by atoms with van der Waals surface area (Å²) in [7, 11) is 0. The van der Waals surface area contributed by atoms with Gasteiger partial charge in [0.05, 0.1) is 5.75 Å². The number of hydrogen-bond donors (Lipinski definition) is 0. The van der Waals surface area contributed by atoms with Crippen molar-refractivity contribution in [2.75, 3.05) is 18.8 Å². The lowest BCUT2D eigenvalue weighted by atomic mass is 10.0. The van der Waals surface area contributed by atoms with Crippen molar-refractivity contribution in [2.24, 2.45) is 0 Å². The van der Waals surface area contributed by atoms with E-state index >= 15 is 0 Å². The number of hydrogen-bond acceptors (Lipinski definition) is 4. The highest BCUT2D eigenvalue weighted by molar-refractivity contribution is 7.99. The Balaban J connectivity index is 1.51. The Labute approximate surface area is 175 Å². The molecule has 0 radical (unpaired) electrons. The van der Waals surface area contributed by atoms with Crippen LogP contribution in [-0.2, 0) is 17.8 Å². The number of fused-ring (bicyclic) bond motifs is 1. The number of piperidine rings is 1. The minimum absolute atomic E-state index is 0.193. The zero-order valence-corrected chi connectivity index (χ0v) is 17.4. The van der Waals surface area contributed by atoms with Crippen LogP contribution < -0.4 is 0 Å². The predicted molar refractivity (Wildman–Crippen MR) is 118 cm³/mol. The minimum atomic E-state index is 0.193. The van der Waals surface area contributed by atoms with Crippen molar-refractivity contribution in [1.29, 1.82) is 0 Å². The van der Waals surface area contributed by atoms with Crippen molar-refractivity contribution in [1.82, 2.24) is 19.7 Å². The lowest BCUT2D eigenvalue weighted by molar-refractivity contribution is -0.129. The van der Waals surface area contributed by atoms with E-state index in [1.165, 1.54) is 34.5 Å². The molecule has 1 fully saturated rings. The third kappa shape index (κ3) is 4.53. The van der Waals surface area contributed by atoms with E-state index in [9.17, 15) is 4.79 Å². The van der Waals surface area contributed by atoms with Crippen LogP contribution in [0.1, 0.15) is 30.7 Å². The van der Waals surface area contributed by atoms with Gasteiger partial charge in [-0.15, -0.1) is 16.8 Å². The first-order valence-electron chi connectivity index (χ1n) is 10.2. The van der Waals surface area contributed by atoms with Crippen molar-refractivity contribution in [2.45, 2.75) is 37.4 Å². The lowest BCUT2D eigenvalue weighted by Crippen LogP contribution is -2.36. The van der Waals surface area contributed by atoms with Gasteiger partial charge in [-0.3, -0.25) is 4.79 Å². The Kier molecular flexibility index (Phi) is 6.30. The van der Waals surface area contributed by atoms with E-state index in [4.69, 9.17) is 0 Å². The van der Waals surface area contributed by atoms with E-state index in [0.717, 1.165) is 36.9 Å². The molecule has 0 bridgehead atoms. The van der Waals surface area contributed by atoms with Crippen LogP contribution in [0, 0.1) is 0 Å². The van der Waals surface area contributed by atoms with Gasteiger partial charge in [0.1, 0.15) is 5.82 Å². The molecule has 0 spiro atoms. The molecule has 0 N–H and O–H groups in total. The summed E-state index contributed by atoms with van der Waals surface area (Å²) in [6.07, 6.45) is 5.99. The molecule has 0 aliphatic carbocycles. The maximum absolute atomic E-state index is 12.5. The summed E-state index contributed by atoms with van der Waals surface area (Å²) in [4.78, 5) is 14.5. The Morgan fingerprint density at radius 1 is 1.07 bits per heavy atom. The first-order chi connectivity index (χ1) is 14.3. The van der Waals surface area contributed by atoms with Crippen LogP contribution in [-0.4, -0.2) is 44.4 Å². The normalized spacial score (nSPS) is 14.3. The summed E-state index contributed by atoms with van der Waals surface area (Å²) in [5.74, 6) is 1.50. The lowest BCUT2D eigenvalue weighted by Gasteiger charge is -2.26. The molecule has 1 aliphatic heterocycles. The molecule has 29 heavy (non-hydrogen) atoms. The van der Waals surface area contributed by atoms with Gasteiger partial charge in [0.2, 0.25) is 5.91 Å². The van der Waals surface area contributed by atoms with Crippen LogP contribution in [0.15, 0.2) is 60.3 Å². The number of benzene rings is 2. The van der Waals surface area contributed by atoms with Crippen molar-refractivity contribution in [3.05, 3.63) is 66.5 Å². The smallest absolute Gasteiger partial charge is 0.233 e. The summed E-state index contributed by atoms with van der Waals surface area (Å²) in [5.41, 5.74) is 1.22. The number of thioether (sulfide) groups is 1. The predicted octanol–water partition coefficient (Wildman–Crippen LogP) is 4.31. The van der Waals surface area contributed by atoms with Crippen LogP contribution in [0.4, 0.5) is 0 Å². The van der Waals surface area contributed by atoms with Gasteiger partial charge in [0.15, 0.2) is 5.16 Å². The standard InChI is InChI=1S/C23H26N4OS/c1-2-13-27-21(16-19-11-8-10-18-9-4-5-12-20(18)19)24-25-23(27)29-17-22(28)26-14-6-3-7-15-26/h2,4-5,8-12H,1,3,6-7,13-17H2. The third-order valence-corrected chi connectivity index (χ3v) is 6.32. The minimum Gasteiger partial charge on any atom is -0.342 e. The summed E-state index contributed by atoms with van der Waals surface area (Å²) < 4.78 is 2.07. The maximum Gasteiger partial charge on any atom is 0.233 e. The van der Waals surface area contributed by atoms with Gasteiger partial charge in [-0.25, -0.2) is 0 Å². The number of amides is 1. The molecule has 4 rings (SSSR count). The number of rotatable bonds is 7. The molecule has 2 heterocycles. The van der Waals surface area contributed by atoms with E-state index in [1.54, 1.807) is 0 Å². The van der Waals surface area contributed by atoms with E-state index in [2.05, 4.69) is 63.8 Å². The van der Waals surface area contributed by atoms with E-state index < -0.39 is 0 Å². The molecule has 0 saturated carbocycles. The second-order valence-electron chi connectivity index (χ2n) is 7.34. The van der Waals surface area contributed by atoms with E-state index in [0.29, 0.717) is 18.7 Å². The van der Waals surface area contributed by atoms with Crippen molar-refractivity contribution in [3.8, 4) is 0 Å². The molecule has 0 atom stereocenters. The molecule has 1 aromatic heterocycles. The molecular formula is C23H26N4OS. The zero-order valence-electron chi connectivity index (χ0n) is 16.6. The van der Waals surface area contributed by atoms with Gasteiger partial charge in [0.25, 0.3) is 0 Å². The first-order valence-corrected chi connectivity index (χ1v) is 11.1. The van der Waals surface area contributed by atoms with Crippen molar-refractivity contribution < 1.29 is 4.79 Å². The summed E-state index contributed by atoms with van der Waals surface area (Å²) in [6.45, 7) is 6.27. The molecule has 150 valence electrons. The van der Waals surface area contributed by atoms with Gasteiger partial charge < -0.3 is 9.47 Å². The van der Waals surface area contributed by atoms with Gasteiger partial charge in [-0.05, 0) is 35.6 Å². The fourth-order valence-corrected chi connectivity index (χ4v) is 4.72. The Bertz CT molecular complexity index is 1000. The number of allylic oxidation sites excluding steroid dienone is 1. The fraction of sp³-hybridized carbons (Fsp3) is 0.348. The van der Waals surface area contributed by atoms with Gasteiger partial charge in [-0.1, -0.05) is 60.3 Å². The van der Waals surface area contributed by atoms with Gasteiger partial charge in [0, 0.05) is 26.1 Å². The topological polar surface area (TPSA) is 51.0 Å². The highest BCUT2D eigenvalue weighted by atomic mass is 32.2. The largest absolute Gasteiger partial charge is 0.342 e. The van der Waals surface area contributed by atoms with Crippen LogP contribution in [0.5, 0.6) is 0 Å². The SMILES string of the molecule is C=CCn1c(Cc2cccc3ccccc23)nnc1SCC(=O)N1CCCCC1. The summed E-state index contributed by atoms with van der Waals surface area (Å²) >= 11 is 1.47. The number of nitrogens with zero attached hydrogens (tertiary/aromatic N) is 4. The second-order valence-corrected chi connectivity index (χ2v) is 8.29. The molecule has 1 saturated heterocycles. The van der Waals surface area contributed by atoms with Crippen LogP contribution in [0.25, 0.3) is 10.8 Å². The highest BCUT2D eigenvalue weighted by Gasteiger charge is 2.19. The highest BCUT2D eigenvalue weighted by Crippen LogP contribution is 2.24. The second kappa shape index (κ2) is 9.27. The van der Waals surface area contributed by atoms with Crippen LogP contribution in [0.2, 0.25) is 0 Å².